The first-order chi connectivity index (χ1) is 11.1. The van der Waals surface area contributed by atoms with Crippen LogP contribution in [-0.4, -0.2) is 30.1 Å². The second-order valence-corrected chi connectivity index (χ2v) is 5.79. The van der Waals surface area contributed by atoms with Crippen LogP contribution in [0, 0.1) is 0 Å². The van der Waals surface area contributed by atoms with Crippen LogP contribution in [0.15, 0.2) is 42.5 Å². The van der Waals surface area contributed by atoms with Gasteiger partial charge in [-0.25, -0.2) is 0 Å². The summed E-state index contributed by atoms with van der Waals surface area (Å²) in [7, 11) is 0. The predicted molar refractivity (Wildman–Crippen MR) is 84.1 cm³/mol. The molecular weight excluding hydrogens is 294 g/mol. The second kappa shape index (κ2) is 5.12. The molecule has 2 aliphatic heterocycles. The molecule has 2 aromatic rings. The molecule has 0 radical (unpaired) electrons. The van der Waals surface area contributed by atoms with Gasteiger partial charge in [-0.1, -0.05) is 18.2 Å². The number of ether oxygens (including phenoxy) is 1. The number of hydrogen-bond acceptors (Lipinski definition) is 3. The van der Waals surface area contributed by atoms with Gasteiger partial charge in [0, 0.05) is 24.2 Å². The quantitative estimate of drug-likeness (QED) is 0.925. The molecule has 5 heteroatoms. The summed E-state index contributed by atoms with van der Waals surface area (Å²) >= 11 is 0. The van der Waals surface area contributed by atoms with Crippen molar-refractivity contribution in [3.8, 4) is 5.75 Å². The zero-order valence-electron chi connectivity index (χ0n) is 12.4. The maximum absolute atomic E-state index is 12.9. The number of fused-ring (bicyclic) bond motifs is 2. The van der Waals surface area contributed by atoms with Gasteiger partial charge in [0.1, 0.15) is 11.7 Å². The molecule has 2 heterocycles. The Morgan fingerprint density at radius 2 is 2.00 bits per heavy atom. The standard InChI is InChI=1S/C18H15NO4/c20-17(12-5-6-16-11(9-12)7-8-23-16)19-10-14(18(21)22)13-3-1-2-4-15(13)19/h1-6,9,14H,7-8,10H2,(H,21,22)/t14-/m1/s1. The van der Waals surface area contributed by atoms with Crippen molar-refractivity contribution in [2.24, 2.45) is 0 Å². The molecule has 0 spiro atoms. The number of para-hydroxylation sites is 1. The van der Waals surface area contributed by atoms with E-state index in [4.69, 9.17) is 4.74 Å². The summed E-state index contributed by atoms with van der Waals surface area (Å²) in [6.45, 7) is 0.807. The number of nitrogens with zero attached hydrogens (tertiary/aromatic N) is 1. The van der Waals surface area contributed by atoms with Crippen molar-refractivity contribution >= 4 is 17.6 Å². The molecule has 0 saturated heterocycles. The van der Waals surface area contributed by atoms with E-state index in [1.165, 1.54) is 0 Å². The van der Waals surface area contributed by atoms with Crippen LogP contribution < -0.4 is 9.64 Å². The zero-order chi connectivity index (χ0) is 16.0. The van der Waals surface area contributed by atoms with Crippen LogP contribution in [-0.2, 0) is 11.2 Å². The highest BCUT2D eigenvalue weighted by atomic mass is 16.5. The molecule has 1 atom stereocenters. The van der Waals surface area contributed by atoms with E-state index in [9.17, 15) is 14.7 Å². The fraction of sp³-hybridized carbons (Fsp3) is 0.222. The van der Waals surface area contributed by atoms with E-state index in [0.29, 0.717) is 23.4 Å². The van der Waals surface area contributed by atoms with Gasteiger partial charge >= 0.3 is 5.97 Å². The van der Waals surface area contributed by atoms with Crippen LogP contribution in [0.4, 0.5) is 5.69 Å². The van der Waals surface area contributed by atoms with Gasteiger partial charge in [-0.2, -0.15) is 0 Å². The van der Waals surface area contributed by atoms with Crippen molar-refractivity contribution in [1.82, 2.24) is 0 Å². The van der Waals surface area contributed by atoms with Crippen molar-refractivity contribution in [3.63, 3.8) is 0 Å². The largest absolute Gasteiger partial charge is 0.493 e. The Morgan fingerprint density at radius 3 is 2.83 bits per heavy atom. The lowest BCUT2D eigenvalue weighted by atomic mass is 10.0. The van der Waals surface area contributed by atoms with E-state index in [-0.39, 0.29) is 12.5 Å². The third-order valence-electron chi connectivity index (χ3n) is 4.45. The van der Waals surface area contributed by atoms with Gasteiger partial charge in [-0.15, -0.1) is 0 Å². The van der Waals surface area contributed by atoms with E-state index in [2.05, 4.69) is 0 Å². The highest BCUT2D eigenvalue weighted by molar-refractivity contribution is 6.09. The molecule has 0 unspecified atom stereocenters. The molecule has 23 heavy (non-hydrogen) atoms. The minimum absolute atomic E-state index is 0.168. The van der Waals surface area contributed by atoms with E-state index < -0.39 is 11.9 Å². The molecule has 0 aromatic heterocycles. The fourth-order valence-electron chi connectivity index (χ4n) is 3.29. The minimum Gasteiger partial charge on any atom is -0.493 e. The topological polar surface area (TPSA) is 66.8 Å². The molecule has 4 rings (SSSR count). The highest BCUT2D eigenvalue weighted by Crippen LogP contribution is 2.37. The molecule has 2 aliphatic rings. The Hall–Kier alpha value is -2.82. The molecule has 0 saturated carbocycles. The molecule has 1 amide bonds. The van der Waals surface area contributed by atoms with Crippen LogP contribution in [0.3, 0.4) is 0 Å². The predicted octanol–water partition coefficient (Wildman–Crippen LogP) is 2.45. The lowest BCUT2D eigenvalue weighted by Gasteiger charge is -2.18. The molecule has 5 nitrogen and oxygen atoms in total. The molecule has 2 aromatic carbocycles. The first-order valence-corrected chi connectivity index (χ1v) is 7.54. The Kier molecular flexibility index (Phi) is 3.08. The van der Waals surface area contributed by atoms with Crippen molar-refractivity contribution in [2.45, 2.75) is 12.3 Å². The van der Waals surface area contributed by atoms with Crippen molar-refractivity contribution in [3.05, 3.63) is 59.2 Å². The van der Waals surface area contributed by atoms with E-state index in [1.807, 2.05) is 18.2 Å². The maximum atomic E-state index is 12.9. The maximum Gasteiger partial charge on any atom is 0.312 e. The number of anilines is 1. The highest BCUT2D eigenvalue weighted by Gasteiger charge is 2.36. The third kappa shape index (κ3) is 2.16. The monoisotopic (exact) mass is 309 g/mol. The summed E-state index contributed by atoms with van der Waals surface area (Å²) in [6, 6.07) is 12.6. The number of carboxylic acid groups (broad SMARTS) is 1. The van der Waals surface area contributed by atoms with E-state index in [1.54, 1.807) is 29.2 Å². The summed E-state index contributed by atoms with van der Waals surface area (Å²) < 4.78 is 5.46. The summed E-state index contributed by atoms with van der Waals surface area (Å²) in [5.41, 5.74) is 2.97. The zero-order valence-corrected chi connectivity index (χ0v) is 12.4. The Balaban J connectivity index is 1.71. The molecule has 0 aliphatic carbocycles. The Morgan fingerprint density at radius 1 is 1.17 bits per heavy atom. The second-order valence-electron chi connectivity index (χ2n) is 5.79. The van der Waals surface area contributed by atoms with E-state index >= 15 is 0 Å². The molecule has 0 fully saturated rings. The molecule has 0 bridgehead atoms. The Bertz CT molecular complexity index is 814. The van der Waals surface area contributed by atoms with E-state index in [0.717, 1.165) is 17.7 Å². The average Bonchev–Trinajstić information content (AvgIpc) is 3.18. The van der Waals surface area contributed by atoms with Crippen LogP contribution >= 0.6 is 0 Å². The number of hydrogen-bond donors (Lipinski definition) is 1. The normalized spacial score (nSPS) is 18.3. The number of aliphatic carboxylic acids is 1. The number of benzene rings is 2. The number of amides is 1. The lowest BCUT2D eigenvalue weighted by Crippen LogP contribution is -2.31. The van der Waals surface area contributed by atoms with Crippen molar-refractivity contribution in [1.29, 1.82) is 0 Å². The third-order valence-corrected chi connectivity index (χ3v) is 4.45. The van der Waals surface area contributed by atoms with Crippen molar-refractivity contribution < 1.29 is 19.4 Å². The van der Waals surface area contributed by atoms with Crippen LogP contribution in [0.25, 0.3) is 0 Å². The first kappa shape index (κ1) is 13.8. The van der Waals surface area contributed by atoms with Gasteiger partial charge in [-0.3, -0.25) is 9.59 Å². The fourth-order valence-corrected chi connectivity index (χ4v) is 3.29. The number of rotatable bonds is 2. The summed E-state index contributed by atoms with van der Waals surface area (Å²) in [5.74, 6) is -0.925. The first-order valence-electron chi connectivity index (χ1n) is 7.54. The van der Waals surface area contributed by atoms with Crippen LogP contribution in [0.5, 0.6) is 5.75 Å². The molecule has 1 N–H and O–H groups in total. The average molecular weight is 309 g/mol. The number of carboxylic acids is 1. The summed E-state index contributed by atoms with van der Waals surface area (Å²) in [4.78, 5) is 25.9. The summed E-state index contributed by atoms with van der Waals surface area (Å²) in [5, 5.41) is 9.40. The summed E-state index contributed by atoms with van der Waals surface area (Å²) in [6.07, 6.45) is 0.796. The number of carbonyl (C=O) groups is 2. The molecule has 116 valence electrons. The van der Waals surface area contributed by atoms with Gasteiger partial charge in [0.2, 0.25) is 0 Å². The minimum atomic E-state index is -0.907. The van der Waals surface area contributed by atoms with Gasteiger partial charge in [0.05, 0.1) is 6.61 Å². The Labute approximate surface area is 133 Å². The molecular formula is C18H15NO4. The van der Waals surface area contributed by atoms with Crippen LogP contribution in [0.2, 0.25) is 0 Å². The smallest absolute Gasteiger partial charge is 0.312 e. The SMILES string of the molecule is O=C(O)[C@@H]1CN(C(=O)c2ccc3c(c2)CCO3)c2ccccc21. The van der Waals surface area contributed by atoms with Crippen molar-refractivity contribution in [2.75, 3.05) is 18.1 Å². The van der Waals surface area contributed by atoms with Crippen LogP contribution in [0.1, 0.15) is 27.4 Å². The van der Waals surface area contributed by atoms with Gasteiger partial charge in [-0.05, 0) is 35.4 Å². The lowest BCUT2D eigenvalue weighted by molar-refractivity contribution is -0.138. The number of carbonyl (C=O) groups excluding carboxylic acids is 1. The van der Waals surface area contributed by atoms with Gasteiger partial charge in [0.25, 0.3) is 5.91 Å². The van der Waals surface area contributed by atoms with Gasteiger partial charge < -0.3 is 14.7 Å². The van der Waals surface area contributed by atoms with Gasteiger partial charge in [0.15, 0.2) is 0 Å².